The van der Waals surface area contributed by atoms with Gasteiger partial charge in [-0.25, -0.2) is 0 Å². The zero-order chi connectivity index (χ0) is 15.9. The Morgan fingerprint density at radius 3 is 2.82 bits per heavy atom. The fourth-order valence-corrected chi connectivity index (χ4v) is 2.40. The average molecular weight is 306 g/mol. The standard InChI is InChI=1S/C17H26N2O3/c1-12-4-5-14(16(8-12)22-7-6-21-3)11-19-17(20)13(2)15-9-18-10-15/h4-5,8,13,15,18H,6-7,9-11H2,1-3H3,(H,19,20). The number of carbonyl (C=O) groups is 1. The number of benzene rings is 1. The summed E-state index contributed by atoms with van der Waals surface area (Å²) in [6, 6.07) is 6.04. The summed E-state index contributed by atoms with van der Waals surface area (Å²) >= 11 is 0. The Bertz CT molecular complexity index is 501. The molecule has 5 heteroatoms. The molecule has 1 unspecified atom stereocenters. The van der Waals surface area contributed by atoms with Crippen LogP contribution in [-0.2, 0) is 16.1 Å². The number of hydrogen-bond donors (Lipinski definition) is 2. The molecule has 5 nitrogen and oxygen atoms in total. The van der Waals surface area contributed by atoms with Crippen molar-refractivity contribution in [3.8, 4) is 5.75 Å². The molecule has 1 aliphatic rings. The molecule has 0 aromatic heterocycles. The summed E-state index contributed by atoms with van der Waals surface area (Å²) in [6.45, 7) is 7.43. The van der Waals surface area contributed by atoms with Gasteiger partial charge in [-0.05, 0) is 37.6 Å². The van der Waals surface area contributed by atoms with Crippen LogP contribution < -0.4 is 15.4 Å². The number of aryl methyl sites for hydroxylation is 1. The van der Waals surface area contributed by atoms with Gasteiger partial charge in [0.25, 0.3) is 0 Å². The lowest BCUT2D eigenvalue weighted by atomic mass is 9.88. The summed E-state index contributed by atoms with van der Waals surface area (Å²) in [5.41, 5.74) is 2.13. The van der Waals surface area contributed by atoms with Crippen LogP contribution in [-0.4, -0.2) is 39.3 Å². The first-order valence-electron chi connectivity index (χ1n) is 7.81. The Labute approximate surface area is 132 Å². The van der Waals surface area contributed by atoms with E-state index in [1.165, 1.54) is 0 Å². The van der Waals surface area contributed by atoms with Crippen molar-refractivity contribution in [2.24, 2.45) is 11.8 Å². The first kappa shape index (κ1) is 16.8. The summed E-state index contributed by atoms with van der Waals surface area (Å²) in [5, 5.41) is 6.22. The Balaban J connectivity index is 1.91. The first-order chi connectivity index (χ1) is 10.6. The Kier molecular flexibility index (Phi) is 6.21. The van der Waals surface area contributed by atoms with Gasteiger partial charge in [-0.2, -0.15) is 0 Å². The highest BCUT2D eigenvalue weighted by Crippen LogP contribution is 2.21. The predicted octanol–water partition coefficient (Wildman–Crippen LogP) is 1.49. The normalized spacial score (nSPS) is 16.0. The lowest BCUT2D eigenvalue weighted by Gasteiger charge is -2.31. The molecule has 0 saturated carbocycles. The molecule has 0 aliphatic carbocycles. The highest BCUT2D eigenvalue weighted by Gasteiger charge is 2.28. The molecule has 1 amide bonds. The third kappa shape index (κ3) is 4.45. The number of rotatable bonds is 8. The number of hydrogen-bond acceptors (Lipinski definition) is 4. The van der Waals surface area contributed by atoms with Crippen molar-refractivity contribution in [1.82, 2.24) is 10.6 Å². The van der Waals surface area contributed by atoms with Crippen molar-refractivity contribution in [2.45, 2.75) is 20.4 Å². The van der Waals surface area contributed by atoms with Crippen LogP contribution in [0.1, 0.15) is 18.1 Å². The van der Waals surface area contributed by atoms with E-state index >= 15 is 0 Å². The molecule has 0 spiro atoms. The zero-order valence-electron chi connectivity index (χ0n) is 13.6. The molecule has 0 bridgehead atoms. The van der Waals surface area contributed by atoms with Crippen LogP contribution >= 0.6 is 0 Å². The van der Waals surface area contributed by atoms with E-state index in [-0.39, 0.29) is 11.8 Å². The van der Waals surface area contributed by atoms with E-state index in [1.807, 2.05) is 32.0 Å². The molecule has 1 atom stereocenters. The largest absolute Gasteiger partial charge is 0.491 e. The molecule has 0 radical (unpaired) electrons. The number of carbonyl (C=O) groups excluding carboxylic acids is 1. The molecule has 122 valence electrons. The highest BCUT2D eigenvalue weighted by atomic mass is 16.5. The quantitative estimate of drug-likeness (QED) is 0.715. The van der Waals surface area contributed by atoms with E-state index in [9.17, 15) is 4.79 Å². The molecular formula is C17H26N2O3. The molecule has 1 aromatic rings. The Morgan fingerprint density at radius 1 is 1.41 bits per heavy atom. The fraction of sp³-hybridized carbons (Fsp3) is 0.588. The molecule has 22 heavy (non-hydrogen) atoms. The van der Waals surface area contributed by atoms with Crippen LogP contribution in [0.4, 0.5) is 0 Å². The fourth-order valence-electron chi connectivity index (χ4n) is 2.40. The van der Waals surface area contributed by atoms with Crippen LogP contribution in [0.5, 0.6) is 5.75 Å². The summed E-state index contributed by atoms with van der Waals surface area (Å²) in [5.74, 6) is 1.42. The van der Waals surface area contributed by atoms with E-state index in [0.717, 1.165) is 30.0 Å². The Morgan fingerprint density at radius 2 is 2.18 bits per heavy atom. The van der Waals surface area contributed by atoms with Crippen molar-refractivity contribution < 1.29 is 14.3 Å². The molecule has 2 N–H and O–H groups in total. The summed E-state index contributed by atoms with van der Waals surface area (Å²) in [7, 11) is 1.65. The second-order valence-electron chi connectivity index (χ2n) is 5.88. The topological polar surface area (TPSA) is 59.6 Å². The third-order valence-electron chi connectivity index (χ3n) is 4.15. The minimum Gasteiger partial charge on any atom is -0.491 e. The van der Waals surface area contributed by atoms with E-state index in [4.69, 9.17) is 9.47 Å². The zero-order valence-corrected chi connectivity index (χ0v) is 13.6. The maximum atomic E-state index is 12.2. The van der Waals surface area contributed by atoms with Gasteiger partial charge in [0.2, 0.25) is 5.91 Å². The minimum atomic E-state index is 0.0459. The van der Waals surface area contributed by atoms with Crippen LogP contribution in [0.25, 0.3) is 0 Å². The van der Waals surface area contributed by atoms with Crippen molar-refractivity contribution in [2.75, 3.05) is 33.4 Å². The van der Waals surface area contributed by atoms with Gasteiger partial charge in [-0.3, -0.25) is 4.79 Å². The lowest BCUT2D eigenvalue weighted by molar-refractivity contribution is -0.126. The molecule has 1 heterocycles. The van der Waals surface area contributed by atoms with Gasteiger partial charge in [0.05, 0.1) is 6.61 Å². The maximum absolute atomic E-state index is 12.2. The van der Waals surface area contributed by atoms with Crippen LogP contribution in [0.3, 0.4) is 0 Å². The second-order valence-corrected chi connectivity index (χ2v) is 5.88. The lowest BCUT2D eigenvalue weighted by Crippen LogP contribution is -2.49. The van der Waals surface area contributed by atoms with Crippen molar-refractivity contribution in [3.05, 3.63) is 29.3 Å². The number of amides is 1. The van der Waals surface area contributed by atoms with Gasteiger partial charge in [0.1, 0.15) is 12.4 Å². The van der Waals surface area contributed by atoms with Crippen LogP contribution in [0, 0.1) is 18.8 Å². The second kappa shape index (κ2) is 8.15. The molecule has 2 rings (SSSR count). The van der Waals surface area contributed by atoms with Gasteiger partial charge < -0.3 is 20.1 Å². The van der Waals surface area contributed by atoms with Gasteiger partial charge >= 0.3 is 0 Å². The average Bonchev–Trinajstić information content (AvgIpc) is 2.44. The highest BCUT2D eigenvalue weighted by molar-refractivity contribution is 5.78. The molecule has 1 aromatic carbocycles. The summed E-state index contributed by atoms with van der Waals surface area (Å²) < 4.78 is 10.8. The predicted molar refractivity (Wildman–Crippen MR) is 85.9 cm³/mol. The number of nitrogens with one attached hydrogen (secondary N) is 2. The van der Waals surface area contributed by atoms with Gasteiger partial charge in [-0.15, -0.1) is 0 Å². The van der Waals surface area contributed by atoms with Crippen molar-refractivity contribution in [3.63, 3.8) is 0 Å². The van der Waals surface area contributed by atoms with Gasteiger partial charge in [0.15, 0.2) is 0 Å². The van der Waals surface area contributed by atoms with E-state index in [2.05, 4.69) is 10.6 Å². The smallest absolute Gasteiger partial charge is 0.223 e. The van der Waals surface area contributed by atoms with E-state index in [0.29, 0.717) is 25.7 Å². The van der Waals surface area contributed by atoms with Gasteiger partial charge in [-0.1, -0.05) is 19.1 Å². The molecule has 1 aliphatic heterocycles. The molecule has 1 fully saturated rings. The minimum absolute atomic E-state index is 0.0459. The van der Waals surface area contributed by atoms with E-state index in [1.54, 1.807) is 7.11 Å². The summed E-state index contributed by atoms with van der Waals surface area (Å²) in [4.78, 5) is 12.2. The van der Waals surface area contributed by atoms with Gasteiger partial charge in [0, 0.05) is 25.1 Å². The van der Waals surface area contributed by atoms with Crippen molar-refractivity contribution in [1.29, 1.82) is 0 Å². The Hall–Kier alpha value is -1.59. The summed E-state index contributed by atoms with van der Waals surface area (Å²) in [6.07, 6.45) is 0. The monoisotopic (exact) mass is 306 g/mol. The van der Waals surface area contributed by atoms with Crippen molar-refractivity contribution >= 4 is 5.91 Å². The molecular weight excluding hydrogens is 280 g/mol. The van der Waals surface area contributed by atoms with E-state index < -0.39 is 0 Å². The SMILES string of the molecule is COCCOc1cc(C)ccc1CNC(=O)C(C)C1CNC1. The maximum Gasteiger partial charge on any atom is 0.223 e. The van der Waals surface area contributed by atoms with Crippen LogP contribution in [0.2, 0.25) is 0 Å². The number of ether oxygens (including phenoxy) is 2. The molecule has 1 saturated heterocycles. The third-order valence-corrected chi connectivity index (χ3v) is 4.15. The van der Waals surface area contributed by atoms with Crippen LogP contribution in [0.15, 0.2) is 18.2 Å². The first-order valence-corrected chi connectivity index (χ1v) is 7.81. The number of methoxy groups -OCH3 is 1.